The van der Waals surface area contributed by atoms with Crippen molar-refractivity contribution in [3.05, 3.63) is 81.9 Å². The summed E-state index contributed by atoms with van der Waals surface area (Å²) in [7, 11) is 1.84. The summed E-state index contributed by atoms with van der Waals surface area (Å²) in [6, 6.07) is 14.9. The van der Waals surface area contributed by atoms with Gasteiger partial charge in [-0.1, -0.05) is 54.1 Å². The number of nitrogens with zero attached hydrogens (tertiary/aromatic N) is 1. The van der Waals surface area contributed by atoms with Crippen molar-refractivity contribution in [3.8, 4) is 0 Å². The van der Waals surface area contributed by atoms with E-state index in [9.17, 15) is 4.79 Å². The Morgan fingerprint density at radius 3 is 2.56 bits per heavy atom. The normalized spacial score (nSPS) is 22.6. The monoisotopic (exact) mass is 363 g/mol. The fourth-order valence-corrected chi connectivity index (χ4v) is 4.28. The summed E-state index contributed by atoms with van der Waals surface area (Å²) in [5.41, 5.74) is 8.00. The van der Waals surface area contributed by atoms with Crippen molar-refractivity contribution in [1.82, 2.24) is 0 Å². The van der Waals surface area contributed by atoms with Crippen LogP contribution in [0.15, 0.2) is 59.1 Å². The maximum Gasteiger partial charge on any atom is 0.141 e. The highest BCUT2D eigenvalue weighted by atomic mass is 16.1. The van der Waals surface area contributed by atoms with Crippen LogP contribution in [0.25, 0.3) is 0 Å². The molecule has 0 amide bonds. The Morgan fingerprint density at radius 2 is 1.89 bits per heavy atom. The topological polar surface area (TPSA) is 29.4 Å². The smallest absolute Gasteiger partial charge is 0.141 e. The van der Waals surface area contributed by atoms with Gasteiger partial charge in [-0.05, 0) is 68.4 Å². The number of hydrogen-bond donors (Lipinski definition) is 0. The highest BCUT2D eigenvalue weighted by Gasteiger charge is 2.46. The van der Waals surface area contributed by atoms with Gasteiger partial charge in [0.05, 0.1) is 5.41 Å². The molecule has 2 nitrogen and oxygen atoms in total. The van der Waals surface area contributed by atoms with Gasteiger partial charge < -0.3 is 0 Å². The third-order valence-corrected chi connectivity index (χ3v) is 6.06. The summed E-state index contributed by atoms with van der Waals surface area (Å²) in [6.45, 7) is 8.10. The molecule has 0 aliphatic heterocycles. The zero-order chi connectivity index (χ0) is 19.6. The van der Waals surface area contributed by atoms with Gasteiger partial charge in [0.25, 0.3) is 0 Å². The predicted octanol–water partition coefficient (Wildman–Crippen LogP) is 5.96. The number of hydrogen-bond acceptors (Lipinski definition) is 2. The Hall–Kier alpha value is -2.48. The van der Waals surface area contributed by atoms with E-state index in [2.05, 4.69) is 74.3 Å². The van der Waals surface area contributed by atoms with Crippen LogP contribution in [0.5, 0.6) is 0 Å². The Labute approximate surface area is 166 Å². The highest BCUT2D eigenvalue weighted by molar-refractivity contribution is 6.09. The van der Waals surface area contributed by atoms with Crippen molar-refractivity contribution in [1.29, 1.82) is 0 Å². The van der Waals surface area contributed by atoms with Crippen LogP contribution in [0, 0.1) is 20.8 Å². The predicted molar refractivity (Wildman–Crippen MR) is 118 cm³/mol. The summed E-state index contributed by atoms with van der Waals surface area (Å²) in [5.74, 6) is 0.233. The first-order valence-corrected chi connectivity index (χ1v) is 9.66. The number of carbonyl (C=O) groups is 1. The lowest BCUT2D eigenvalue weighted by atomic mass is 9.73. The molecule has 1 aliphatic carbocycles. The van der Waals surface area contributed by atoms with Gasteiger partial charge in [0.2, 0.25) is 0 Å². The first-order chi connectivity index (χ1) is 12.9. The number of Topliss-reactive ketones (excluding diaryl/α,β-unsaturated/α-hetero) is 1. The minimum absolute atomic E-state index is 0. The molecule has 0 saturated heterocycles. The zero-order valence-electron chi connectivity index (χ0n) is 17.1. The quantitative estimate of drug-likeness (QED) is 0.658. The molecule has 0 radical (unpaired) electrons. The number of aliphatic imine (C=N–C) groups is 1. The zero-order valence-corrected chi connectivity index (χ0v) is 17.1. The second kappa shape index (κ2) is 7.64. The van der Waals surface area contributed by atoms with E-state index in [4.69, 9.17) is 0 Å². The molecule has 0 aromatic heterocycles. The summed E-state index contributed by atoms with van der Waals surface area (Å²) in [5, 5.41) is 0. The first kappa shape index (κ1) is 19.3. The van der Waals surface area contributed by atoms with Gasteiger partial charge in [0.15, 0.2) is 0 Å². The van der Waals surface area contributed by atoms with Crippen LogP contribution in [0.4, 0.5) is 0 Å². The van der Waals surface area contributed by atoms with Gasteiger partial charge in [-0.3, -0.25) is 9.79 Å². The van der Waals surface area contributed by atoms with Crippen LogP contribution in [-0.2, 0) is 16.6 Å². The summed E-state index contributed by atoms with van der Waals surface area (Å²) in [6.07, 6.45) is 4.58. The van der Waals surface area contributed by atoms with E-state index in [1.165, 1.54) is 27.8 Å². The van der Waals surface area contributed by atoms with Crippen LogP contribution >= 0.6 is 0 Å². The largest absolute Gasteiger partial charge is 0.299 e. The number of ketones is 1. The summed E-state index contributed by atoms with van der Waals surface area (Å²) >= 11 is 0. The van der Waals surface area contributed by atoms with Crippen LogP contribution in [0.2, 0.25) is 0 Å². The highest BCUT2D eigenvalue weighted by Crippen LogP contribution is 2.45. The van der Waals surface area contributed by atoms with Crippen LogP contribution in [-0.4, -0.2) is 18.5 Å². The lowest BCUT2D eigenvalue weighted by Crippen LogP contribution is -2.32. The molecule has 27 heavy (non-hydrogen) atoms. The molecule has 2 aromatic rings. The van der Waals surface area contributed by atoms with Gasteiger partial charge in [-0.15, -0.1) is 0 Å². The number of benzene rings is 2. The molecule has 0 spiro atoms. The van der Waals surface area contributed by atoms with E-state index in [1.54, 1.807) is 6.92 Å². The molecular formula is C25H33NO. The fraction of sp³-hybridized carbons (Fsp3) is 0.360. The van der Waals surface area contributed by atoms with Crippen molar-refractivity contribution >= 4 is 11.5 Å². The van der Waals surface area contributed by atoms with E-state index >= 15 is 0 Å². The Bertz CT molecular complexity index is 946. The van der Waals surface area contributed by atoms with Gasteiger partial charge in [-0.2, -0.15) is 0 Å². The molecule has 0 N–H and O–H groups in total. The minimum Gasteiger partial charge on any atom is -0.299 e. The van der Waals surface area contributed by atoms with Crippen molar-refractivity contribution in [3.63, 3.8) is 0 Å². The third-order valence-electron chi connectivity index (χ3n) is 6.06. The van der Waals surface area contributed by atoms with Crippen molar-refractivity contribution in [2.75, 3.05) is 7.05 Å². The molecular weight excluding hydrogens is 330 g/mol. The molecule has 3 rings (SSSR count). The average molecular weight is 364 g/mol. The molecule has 2 heteroatoms. The van der Waals surface area contributed by atoms with Gasteiger partial charge in [0.1, 0.15) is 5.78 Å². The number of carbonyl (C=O) groups excluding carboxylic acids is 1. The standard InChI is InChI=1S/C25H29NO.2H2/c1-17-8-6-10-21(14-17)12-13-22-15-25(20(4)27,16-24(22)26-5)23-11-7-9-18(2)19(23)3;;/h6-11,13-14H,12,15-16H2,1-5H3;2*1H/b22-13-,26-24?;;/t25-;;/m1../s1. The molecule has 1 saturated carbocycles. The number of aryl methyl sites for hydroxylation is 2. The SMILES string of the molecule is CN=C1C[C@](C(C)=O)(c2cccc(C)c2C)C/C1=C/Cc1cccc(C)c1.[HH].[HH]. The number of rotatable bonds is 4. The molecule has 0 unspecified atom stereocenters. The average Bonchev–Trinajstić information content (AvgIpc) is 3.02. The Kier molecular flexibility index (Phi) is 5.46. The van der Waals surface area contributed by atoms with Crippen LogP contribution in [0.1, 0.15) is 50.4 Å². The third kappa shape index (κ3) is 3.66. The lowest BCUT2D eigenvalue weighted by Gasteiger charge is -2.28. The Morgan fingerprint density at radius 1 is 1.15 bits per heavy atom. The Balaban J connectivity index is 0.00000210. The maximum atomic E-state index is 12.9. The maximum absolute atomic E-state index is 12.9. The van der Waals surface area contributed by atoms with E-state index in [1.807, 2.05) is 7.05 Å². The molecule has 1 fully saturated rings. The lowest BCUT2D eigenvalue weighted by molar-refractivity contribution is -0.122. The molecule has 1 aliphatic rings. The van der Waals surface area contributed by atoms with Crippen molar-refractivity contribution in [2.45, 2.75) is 52.4 Å². The van der Waals surface area contributed by atoms with Crippen molar-refractivity contribution < 1.29 is 7.65 Å². The van der Waals surface area contributed by atoms with E-state index in [-0.39, 0.29) is 8.64 Å². The summed E-state index contributed by atoms with van der Waals surface area (Å²) in [4.78, 5) is 17.4. The second-order valence-corrected chi connectivity index (χ2v) is 7.83. The van der Waals surface area contributed by atoms with Gasteiger partial charge >= 0.3 is 0 Å². The number of allylic oxidation sites excluding steroid dienone is 2. The van der Waals surface area contributed by atoms with Crippen LogP contribution < -0.4 is 0 Å². The molecule has 0 bridgehead atoms. The minimum atomic E-state index is -0.483. The van der Waals surface area contributed by atoms with Crippen LogP contribution in [0.3, 0.4) is 0 Å². The molecule has 144 valence electrons. The molecule has 1 atom stereocenters. The second-order valence-electron chi connectivity index (χ2n) is 7.83. The first-order valence-electron chi connectivity index (χ1n) is 9.66. The summed E-state index contributed by atoms with van der Waals surface area (Å²) < 4.78 is 0. The van der Waals surface area contributed by atoms with Gasteiger partial charge in [-0.25, -0.2) is 0 Å². The van der Waals surface area contributed by atoms with E-state index in [0.717, 1.165) is 24.1 Å². The van der Waals surface area contributed by atoms with E-state index < -0.39 is 5.41 Å². The van der Waals surface area contributed by atoms with Gasteiger partial charge in [0, 0.05) is 22.0 Å². The molecule has 0 heterocycles. The fourth-order valence-electron chi connectivity index (χ4n) is 4.28. The molecule has 2 aromatic carbocycles. The van der Waals surface area contributed by atoms with E-state index in [0.29, 0.717) is 6.42 Å². The van der Waals surface area contributed by atoms with Crippen molar-refractivity contribution in [2.24, 2.45) is 4.99 Å².